The molecule has 4 heteroatoms. The van der Waals surface area contributed by atoms with Gasteiger partial charge in [0.15, 0.2) is 0 Å². The van der Waals surface area contributed by atoms with Crippen molar-refractivity contribution in [2.24, 2.45) is 5.92 Å². The van der Waals surface area contributed by atoms with E-state index in [0.717, 1.165) is 10.5 Å². The molecule has 108 valence electrons. The molecule has 0 amide bonds. The molecule has 2 aromatic carbocycles. The molecule has 0 heterocycles. The maximum absolute atomic E-state index is 11.9. The summed E-state index contributed by atoms with van der Waals surface area (Å²) in [5, 5.41) is -0.307. The summed E-state index contributed by atoms with van der Waals surface area (Å²) in [5.41, 5.74) is 0.925. The van der Waals surface area contributed by atoms with Crippen LogP contribution in [-0.4, -0.2) is 19.4 Å². The molecule has 0 fully saturated rings. The topological polar surface area (TPSA) is 43.4 Å². The molecule has 2 atom stereocenters. The van der Waals surface area contributed by atoms with E-state index < -0.39 is 11.9 Å². The van der Waals surface area contributed by atoms with E-state index in [1.54, 1.807) is 0 Å². The number of esters is 1. The predicted octanol–water partition coefficient (Wildman–Crippen LogP) is 3.51. The molecule has 0 aromatic heterocycles. The second-order valence-electron chi connectivity index (χ2n) is 4.45. The minimum absolute atomic E-state index is 0.307. The second kappa shape index (κ2) is 7.64. The fourth-order valence-corrected chi connectivity index (χ4v) is 3.25. The summed E-state index contributed by atoms with van der Waals surface area (Å²) in [4.78, 5) is 24.3. The first-order valence-corrected chi connectivity index (χ1v) is 7.44. The second-order valence-corrected chi connectivity index (χ2v) is 5.66. The number of thioether (sulfide) groups is 1. The van der Waals surface area contributed by atoms with Crippen molar-refractivity contribution in [1.29, 1.82) is 0 Å². The van der Waals surface area contributed by atoms with Crippen LogP contribution in [-0.2, 0) is 14.3 Å². The molecule has 0 N–H and O–H groups in total. The minimum atomic E-state index is -0.831. The number of methoxy groups -OCH3 is 1. The van der Waals surface area contributed by atoms with Crippen molar-refractivity contribution in [1.82, 2.24) is 0 Å². The zero-order valence-electron chi connectivity index (χ0n) is 11.6. The highest BCUT2D eigenvalue weighted by atomic mass is 32.2. The van der Waals surface area contributed by atoms with Crippen LogP contribution in [0.3, 0.4) is 0 Å². The van der Waals surface area contributed by atoms with E-state index in [0.29, 0.717) is 6.29 Å². The molecular formula is C17H16O3S. The molecule has 0 radical (unpaired) electrons. The Balaban J connectivity index is 2.34. The lowest BCUT2D eigenvalue weighted by molar-refractivity contribution is -0.146. The Morgan fingerprint density at radius 3 is 2.14 bits per heavy atom. The molecule has 0 aliphatic carbocycles. The van der Waals surface area contributed by atoms with Gasteiger partial charge in [0.25, 0.3) is 0 Å². The zero-order valence-corrected chi connectivity index (χ0v) is 12.5. The van der Waals surface area contributed by atoms with Crippen LogP contribution in [0, 0.1) is 5.92 Å². The quantitative estimate of drug-likeness (QED) is 0.354. The average Bonchev–Trinajstić information content (AvgIpc) is 2.56. The van der Waals surface area contributed by atoms with E-state index in [1.165, 1.54) is 18.9 Å². The van der Waals surface area contributed by atoms with Crippen molar-refractivity contribution in [2.75, 3.05) is 7.11 Å². The third-order valence-electron chi connectivity index (χ3n) is 3.08. The lowest BCUT2D eigenvalue weighted by Crippen LogP contribution is -2.23. The summed E-state index contributed by atoms with van der Waals surface area (Å²) < 4.78 is 4.76. The van der Waals surface area contributed by atoms with Gasteiger partial charge in [-0.1, -0.05) is 48.5 Å². The number of carbonyl (C=O) groups excluding carboxylic acids is 2. The third kappa shape index (κ3) is 3.95. The molecule has 0 aliphatic heterocycles. The summed E-state index contributed by atoms with van der Waals surface area (Å²) in [6.45, 7) is 0. The molecule has 0 aliphatic rings. The van der Waals surface area contributed by atoms with Crippen LogP contribution < -0.4 is 0 Å². The molecule has 2 aromatic rings. The molecule has 0 spiro atoms. The number of ether oxygens (including phenoxy) is 1. The highest BCUT2D eigenvalue weighted by Gasteiger charge is 2.31. The number of aldehydes is 1. The fraction of sp³-hybridized carbons (Fsp3) is 0.176. The van der Waals surface area contributed by atoms with Gasteiger partial charge in [0.1, 0.15) is 12.2 Å². The van der Waals surface area contributed by atoms with Gasteiger partial charge >= 0.3 is 5.97 Å². The summed E-state index contributed by atoms with van der Waals surface area (Å²) in [6.07, 6.45) is 0.666. The molecular weight excluding hydrogens is 284 g/mol. The lowest BCUT2D eigenvalue weighted by Gasteiger charge is -2.21. The SMILES string of the molecule is COC(=O)[C@@H](C=O)[C@H](Sc1ccccc1)c1ccccc1. The van der Waals surface area contributed by atoms with Gasteiger partial charge in [-0.25, -0.2) is 0 Å². The Labute approximate surface area is 128 Å². The monoisotopic (exact) mass is 300 g/mol. The van der Waals surface area contributed by atoms with E-state index in [2.05, 4.69) is 0 Å². The van der Waals surface area contributed by atoms with Gasteiger partial charge in [-0.05, 0) is 17.7 Å². The Bertz CT molecular complexity index is 583. The molecule has 0 unspecified atom stereocenters. The average molecular weight is 300 g/mol. The van der Waals surface area contributed by atoms with Gasteiger partial charge in [-0.15, -0.1) is 11.8 Å². The first-order valence-electron chi connectivity index (χ1n) is 6.56. The number of hydrogen-bond acceptors (Lipinski definition) is 4. The van der Waals surface area contributed by atoms with Crippen molar-refractivity contribution >= 4 is 24.0 Å². The molecule has 2 rings (SSSR count). The van der Waals surface area contributed by atoms with Crippen molar-refractivity contribution < 1.29 is 14.3 Å². The van der Waals surface area contributed by atoms with Crippen molar-refractivity contribution in [3.8, 4) is 0 Å². The van der Waals surface area contributed by atoms with E-state index >= 15 is 0 Å². The number of hydrogen-bond donors (Lipinski definition) is 0. The largest absolute Gasteiger partial charge is 0.468 e. The van der Waals surface area contributed by atoms with Crippen LogP contribution in [0.1, 0.15) is 10.8 Å². The first-order chi connectivity index (χ1) is 10.3. The third-order valence-corrected chi connectivity index (χ3v) is 4.44. The van der Waals surface area contributed by atoms with E-state index in [1.807, 2.05) is 60.7 Å². The van der Waals surface area contributed by atoms with Crippen molar-refractivity contribution in [3.05, 3.63) is 66.2 Å². The Kier molecular flexibility index (Phi) is 5.58. The first kappa shape index (κ1) is 15.3. The number of benzene rings is 2. The summed E-state index contributed by atoms with van der Waals surface area (Å²) in [7, 11) is 1.30. The predicted molar refractivity (Wildman–Crippen MR) is 83.1 cm³/mol. The van der Waals surface area contributed by atoms with Crippen LogP contribution in [0.15, 0.2) is 65.6 Å². The summed E-state index contributed by atoms with van der Waals surface area (Å²) >= 11 is 1.49. The van der Waals surface area contributed by atoms with Crippen molar-refractivity contribution in [3.63, 3.8) is 0 Å². The van der Waals surface area contributed by atoms with Crippen LogP contribution in [0.5, 0.6) is 0 Å². The fourth-order valence-electron chi connectivity index (χ4n) is 2.02. The molecule has 21 heavy (non-hydrogen) atoms. The minimum Gasteiger partial charge on any atom is -0.468 e. The van der Waals surface area contributed by atoms with Gasteiger partial charge in [0, 0.05) is 4.90 Å². The van der Waals surface area contributed by atoms with Crippen LogP contribution in [0.25, 0.3) is 0 Å². The van der Waals surface area contributed by atoms with Gasteiger partial charge in [-0.3, -0.25) is 4.79 Å². The Hall–Kier alpha value is -2.07. The van der Waals surface area contributed by atoms with Crippen LogP contribution in [0.2, 0.25) is 0 Å². The number of rotatable bonds is 6. The molecule has 0 bridgehead atoms. The molecule has 0 saturated heterocycles. The van der Waals surface area contributed by atoms with Gasteiger partial charge in [0.2, 0.25) is 0 Å². The van der Waals surface area contributed by atoms with E-state index in [9.17, 15) is 9.59 Å². The van der Waals surface area contributed by atoms with Gasteiger partial charge in [-0.2, -0.15) is 0 Å². The highest BCUT2D eigenvalue weighted by Crippen LogP contribution is 2.40. The number of carbonyl (C=O) groups is 2. The summed E-state index contributed by atoms with van der Waals surface area (Å²) in [6, 6.07) is 19.2. The Morgan fingerprint density at radius 1 is 1.05 bits per heavy atom. The highest BCUT2D eigenvalue weighted by molar-refractivity contribution is 7.99. The Morgan fingerprint density at radius 2 is 1.62 bits per heavy atom. The van der Waals surface area contributed by atoms with Crippen molar-refractivity contribution in [2.45, 2.75) is 10.1 Å². The van der Waals surface area contributed by atoms with Gasteiger partial charge in [0.05, 0.1) is 12.4 Å². The van der Waals surface area contributed by atoms with Crippen LogP contribution >= 0.6 is 11.8 Å². The maximum atomic E-state index is 11.9. The van der Waals surface area contributed by atoms with E-state index in [4.69, 9.17) is 4.74 Å². The normalized spacial score (nSPS) is 13.2. The summed E-state index contributed by atoms with van der Waals surface area (Å²) in [5.74, 6) is -1.34. The standard InChI is InChI=1S/C17H16O3S/c1-20-17(19)15(12-18)16(13-8-4-2-5-9-13)21-14-10-6-3-7-11-14/h2-12,15-16H,1H3/t15-,16+/m0/s1. The van der Waals surface area contributed by atoms with E-state index in [-0.39, 0.29) is 5.25 Å². The van der Waals surface area contributed by atoms with Gasteiger partial charge < -0.3 is 9.53 Å². The van der Waals surface area contributed by atoms with Crippen LogP contribution in [0.4, 0.5) is 0 Å². The smallest absolute Gasteiger partial charge is 0.317 e. The maximum Gasteiger partial charge on any atom is 0.317 e. The zero-order chi connectivity index (χ0) is 15.1. The molecule has 3 nitrogen and oxygen atoms in total. The molecule has 0 saturated carbocycles. The lowest BCUT2D eigenvalue weighted by atomic mass is 10.00.